The van der Waals surface area contributed by atoms with Gasteiger partial charge in [0.15, 0.2) is 5.17 Å². The van der Waals surface area contributed by atoms with Crippen LogP contribution in [0.15, 0.2) is 8.31 Å². The number of amides is 1. The van der Waals surface area contributed by atoms with Crippen LogP contribution < -0.4 is 0 Å². The summed E-state index contributed by atoms with van der Waals surface area (Å²) < 4.78 is 3.94. The number of thioether (sulfide) groups is 1. The van der Waals surface area contributed by atoms with E-state index >= 15 is 0 Å². The van der Waals surface area contributed by atoms with Crippen molar-refractivity contribution < 1.29 is 4.79 Å². The first-order valence-corrected chi connectivity index (χ1v) is 5.79. The van der Waals surface area contributed by atoms with Crippen molar-refractivity contribution in [2.24, 2.45) is 14.2 Å². The molecule has 1 amide bonds. The number of rotatable bonds is 2. The minimum absolute atomic E-state index is 0.00249. The number of nitrogens with zero attached hydrogens (tertiary/aromatic N) is 3. The molecule has 1 aliphatic heterocycles. The van der Waals surface area contributed by atoms with Crippen LogP contribution >= 0.6 is 34.6 Å². The van der Waals surface area contributed by atoms with E-state index in [1.54, 1.807) is 6.21 Å². The van der Waals surface area contributed by atoms with Gasteiger partial charge in [0.2, 0.25) is 0 Å². The van der Waals surface area contributed by atoms with E-state index in [9.17, 15) is 4.79 Å². The summed E-state index contributed by atoms with van der Waals surface area (Å²) >= 11 is 3.29. The highest BCUT2D eigenvalue weighted by atomic mass is 127. The van der Waals surface area contributed by atoms with Gasteiger partial charge in [-0.3, -0.25) is 4.79 Å². The second-order valence-corrected chi connectivity index (χ2v) is 4.29. The van der Waals surface area contributed by atoms with Crippen molar-refractivity contribution in [1.29, 1.82) is 0 Å². The fourth-order valence-electron chi connectivity index (χ4n) is 0.729. The van der Waals surface area contributed by atoms with E-state index in [0.717, 1.165) is 0 Å². The van der Waals surface area contributed by atoms with Gasteiger partial charge in [0, 0.05) is 6.21 Å². The Morgan fingerprint density at radius 3 is 2.92 bits per heavy atom. The summed E-state index contributed by atoms with van der Waals surface area (Å²) in [6.07, 6.45) is 1.74. The molecule has 0 saturated carbocycles. The molecule has 72 valence electrons. The Morgan fingerprint density at radius 1 is 1.69 bits per heavy atom. The Bertz CT molecular complexity index is 264. The average molecular weight is 311 g/mol. The standard InChI is InChI=1S/C7H10IN3OS/c1-5(2)3-9-11-6(12)4-13-7(11)10-8/h3,5H,4H2,1-2H3/b9-3+,10-7-. The summed E-state index contributed by atoms with van der Waals surface area (Å²) in [5.74, 6) is 0.781. The van der Waals surface area contributed by atoms with Gasteiger partial charge in [0.05, 0.1) is 28.6 Å². The Labute approximate surface area is 95.3 Å². The predicted octanol–water partition coefficient (Wildman–Crippen LogP) is 1.91. The van der Waals surface area contributed by atoms with E-state index in [0.29, 0.717) is 16.8 Å². The third kappa shape index (κ3) is 2.94. The third-order valence-corrected chi connectivity index (χ3v) is 2.99. The number of hydrogen-bond acceptors (Lipinski definition) is 4. The summed E-state index contributed by atoms with van der Waals surface area (Å²) in [5.41, 5.74) is 0. The highest BCUT2D eigenvalue weighted by Crippen LogP contribution is 2.20. The third-order valence-electron chi connectivity index (χ3n) is 1.29. The van der Waals surface area contributed by atoms with Crippen LogP contribution in [0.4, 0.5) is 0 Å². The average Bonchev–Trinajstić information content (AvgIpc) is 2.43. The molecule has 6 heteroatoms. The van der Waals surface area contributed by atoms with Gasteiger partial charge in [-0.2, -0.15) is 13.3 Å². The van der Waals surface area contributed by atoms with Gasteiger partial charge in [-0.25, -0.2) is 0 Å². The number of amidine groups is 1. The zero-order chi connectivity index (χ0) is 9.84. The molecule has 0 aromatic rings. The van der Waals surface area contributed by atoms with Gasteiger partial charge in [0.1, 0.15) is 0 Å². The van der Waals surface area contributed by atoms with Crippen molar-refractivity contribution in [2.45, 2.75) is 13.8 Å². The first-order chi connectivity index (χ1) is 6.15. The molecule has 0 aliphatic carbocycles. The van der Waals surface area contributed by atoms with E-state index in [1.165, 1.54) is 16.8 Å². The minimum atomic E-state index is -0.00249. The molecule has 1 aliphatic rings. The van der Waals surface area contributed by atoms with Crippen LogP contribution in [-0.2, 0) is 4.79 Å². The molecule has 0 unspecified atom stereocenters. The minimum Gasteiger partial charge on any atom is -0.271 e. The van der Waals surface area contributed by atoms with Crippen LogP contribution in [0.3, 0.4) is 0 Å². The Kier molecular flexibility index (Phi) is 4.17. The van der Waals surface area contributed by atoms with E-state index in [1.807, 2.05) is 36.7 Å². The van der Waals surface area contributed by atoms with Crippen molar-refractivity contribution in [1.82, 2.24) is 5.01 Å². The second kappa shape index (κ2) is 4.94. The normalized spacial score (nSPS) is 21.4. The Morgan fingerprint density at radius 2 is 2.38 bits per heavy atom. The van der Waals surface area contributed by atoms with E-state index < -0.39 is 0 Å². The molecule has 1 heterocycles. The van der Waals surface area contributed by atoms with Crippen LogP contribution in [-0.4, -0.2) is 28.1 Å². The number of halogens is 1. The van der Waals surface area contributed by atoms with Gasteiger partial charge in [-0.15, -0.1) is 0 Å². The van der Waals surface area contributed by atoms with Gasteiger partial charge in [-0.05, 0) is 5.92 Å². The maximum atomic E-state index is 11.3. The smallest absolute Gasteiger partial charge is 0.259 e. The molecular formula is C7H10IN3OS. The molecule has 0 aromatic carbocycles. The predicted molar refractivity (Wildman–Crippen MR) is 64.1 cm³/mol. The fraction of sp³-hybridized carbons (Fsp3) is 0.571. The van der Waals surface area contributed by atoms with Crippen molar-refractivity contribution in [2.75, 3.05) is 5.75 Å². The maximum absolute atomic E-state index is 11.3. The number of carbonyl (C=O) groups is 1. The number of carbonyl (C=O) groups excluding carboxylic acids is 1. The largest absolute Gasteiger partial charge is 0.271 e. The number of hydrogen-bond donors (Lipinski definition) is 0. The molecule has 0 radical (unpaired) electrons. The van der Waals surface area contributed by atoms with Crippen molar-refractivity contribution >= 4 is 51.9 Å². The highest BCUT2D eigenvalue weighted by molar-refractivity contribution is 14.1. The molecule has 1 fully saturated rings. The Hall–Kier alpha value is -0.110. The fourth-order valence-corrected chi connectivity index (χ4v) is 2.05. The molecular weight excluding hydrogens is 301 g/mol. The summed E-state index contributed by atoms with van der Waals surface area (Å²) in [5, 5.41) is 6.09. The van der Waals surface area contributed by atoms with Crippen molar-refractivity contribution in [3.63, 3.8) is 0 Å². The Balaban J connectivity index is 2.71. The molecule has 0 spiro atoms. The first-order valence-electron chi connectivity index (χ1n) is 3.84. The lowest BCUT2D eigenvalue weighted by Crippen LogP contribution is -2.23. The number of hydrazone groups is 1. The summed E-state index contributed by atoms with van der Waals surface area (Å²) in [4.78, 5) is 11.3. The van der Waals surface area contributed by atoms with Crippen LogP contribution in [0.5, 0.6) is 0 Å². The molecule has 0 N–H and O–H groups in total. The van der Waals surface area contributed by atoms with Crippen molar-refractivity contribution in [3.05, 3.63) is 0 Å². The molecule has 0 aromatic heterocycles. The van der Waals surface area contributed by atoms with E-state index in [-0.39, 0.29) is 5.91 Å². The van der Waals surface area contributed by atoms with Crippen LogP contribution in [0, 0.1) is 5.92 Å². The zero-order valence-corrected chi connectivity index (χ0v) is 10.4. The zero-order valence-electron chi connectivity index (χ0n) is 7.40. The van der Waals surface area contributed by atoms with Crippen LogP contribution in [0.1, 0.15) is 13.8 Å². The van der Waals surface area contributed by atoms with E-state index in [2.05, 4.69) is 8.31 Å². The van der Waals surface area contributed by atoms with E-state index in [4.69, 9.17) is 0 Å². The van der Waals surface area contributed by atoms with Gasteiger partial charge >= 0.3 is 0 Å². The molecule has 0 atom stereocenters. The maximum Gasteiger partial charge on any atom is 0.259 e. The molecule has 1 saturated heterocycles. The molecule has 1 rings (SSSR count). The first kappa shape index (κ1) is 11.0. The van der Waals surface area contributed by atoms with Gasteiger partial charge < -0.3 is 0 Å². The lowest BCUT2D eigenvalue weighted by molar-refractivity contribution is -0.124. The van der Waals surface area contributed by atoms with Gasteiger partial charge in [0.25, 0.3) is 5.91 Å². The van der Waals surface area contributed by atoms with Crippen LogP contribution in [0.25, 0.3) is 0 Å². The molecule has 0 bridgehead atoms. The molecule has 4 nitrogen and oxygen atoms in total. The second-order valence-electron chi connectivity index (χ2n) is 2.87. The van der Waals surface area contributed by atoms with Crippen molar-refractivity contribution in [3.8, 4) is 0 Å². The summed E-state index contributed by atoms with van der Waals surface area (Å²) in [6, 6.07) is 0. The van der Waals surface area contributed by atoms with Gasteiger partial charge in [-0.1, -0.05) is 25.6 Å². The monoisotopic (exact) mass is 311 g/mol. The molecule has 13 heavy (non-hydrogen) atoms. The topological polar surface area (TPSA) is 45.0 Å². The lowest BCUT2D eigenvalue weighted by Gasteiger charge is -2.07. The van der Waals surface area contributed by atoms with Crippen LogP contribution in [0.2, 0.25) is 0 Å². The SMILES string of the molecule is CC(C)/C=N/N1C(=O)CS/C1=N\I. The lowest BCUT2D eigenvalue weighted by atomic mass is 10.3. The highest BCUT2D eigenvalue weighted by Gasteiger charge is 2.27. The summed E-state index contributed by atoms with van der Waals surface area (Å²) in [7, 11) is 0. The quantitative estimate of drug-likeness (QED) is 0.578. The summed E-state index contributed by atoms with van der Waals surface area (Å²) in [6.45, 7) is 4.02.